The van der Waals surface area contributed by atoms with Crippen LogP contribution in [0, 0.1) is 0 Å². The van der Waals surface area contributed by atoms with E-state index in [0.29, 0.717) is 34.4 Å². The highest BCUT2D eigenvalue weighted by molar-refractivity contribution is 6.30. The normalized spacial score (nSPS) is 16.6. The van der Waals surface area contributed by atoms with Crippen LogP contribution in [0.1, 0.15) is 0 Å². The number of benzene rings is 2. The van der Waals surface area contributed by atoms with Crippen LogP contribution in [0.4, 0.5) is 21.9 Å². The molecule has 4 rings (SSSR count). The number of fused-ring (bicyclic) bond motifs is 1. The third-order valence-corrected chi connectivity index (χ3v) is 5.26. The fourth-order valence-corrected chi connectivity index (χ4v) is 3.55. The molecule has 0 bridgehead atoms. The zero-order chi connectivity index (χ0) is 20.9. The maximum absolute atomic E-state index is 12.4. The summed E-state index contributed by atoms with van der Waals surface area (Å²) in [5.74, 6) is 0.498. The molecule has 2 aliphatic rings. The van der Waals surface area contributed by atoms with Gasteiger partial charge in [0.2, 0.25) is 0 Å². The maximum atomic E-state index is 12.4. The summed E-state index contributed by atoms with van der Waals surface area (Å²) in [4.78, 5) is 28.7. The van der Waals surface area contributed by atoms with Gasteiger partial charge in [-0.2, -0.15) is 0 Å². The molecule has 0 atom stereocenters. The number of rotatable bonds is 5. The fourth-order valence-electron chi connectivity index (χ4n) is 3.42. The van der Waals surface area contributed by atoms with Gasteiger partial charge in [0.25, 0.3) is 5.91 Å². The molecule has 1 saturated heterocycles. The van der Waals surface area contributed by atoms with Crippen molar-refractivity contribution < 1.29 is 19.1 Å². The summed E-state index contributed by atoms with van der Waals surface area (Å²) in [6.45, 7) is 4.53. The highest BCUT2D eigenvalue weighted by Crippen LogP contribution is 2.34. The van der Waals surface area contributed by atoms with Gasteiger partial charge in [0.05, 0.1) is 18.9 Å². The van der Waals surface area contributed by atoms with Crippen LogP contribution in [0.15, 0.2) is 42.5 Å². The molecule has 1 fully saturated rings. The number of nitrogens with zero attached hydrogens (tertiary/aromatic N) is 2. The zero-order valence-corrected chi connectivity index (χ0v) is 17.2. The van der Waals surface area contributed by atoms with E-state index >= 15 is 0 Å². The van der Waals surface area contributed by atoms with Crippen LogP contribution >= 0.6 is 11.6 Å². The molecule has 2 heterocycles. The van der Waals surface area contributed by atoms with E-state index in [-0.39, 0.29) is 18.5 Å². The Morgan fingerprint density at radius 2 is 1.70 bits per heavy atom. The Morgan fingerprint density at radius 3 is 2.47 bits per heavy atom. The first-order chi connectivity index (χ1) is 14.6. The van der Waals surface area contributed by atoms with Crippen molar-refractivity contribution in [3.63, 3.8) is 0 Å². The summed E-state index contributed by atoms with van der Waals surface area (Å²) in [6, 6.07) is 11.7. The van der Waals surface area contributed by atoms with Gasteiger partial charge in [0, 0.05) is 48.6 Å². The van der Waals surface area contributed by atoms with Gasteiger partial charge in [-0.15, -0.1) is 0 Å². The monoisotopic (exact) mass is 430 g/mol. The number of ether oxygens (including phenoxy) is 2. The zero-order valence-electron chi connectivity index (χ0n) is 16.4. The summed E-state index contributed by atoms with van der Waals surface area (Å²) < 4.78 is 11.0. The van der Waals surface area contributed by atoms with Crippen molar-refractivity contribution in [3.05, 3.63) is 47.5 Å². The molecule has 30 heavy (non-hydrogen) atoms. The lowest BCUT2D eigenvalue weighted by Gasteiger charge is -2.33. The van der Waals surface area contributed by atoms with Crippen molar-refractivity contribution in [3.8, 4) is 5.75 Å². The van der Waals surface area contributed by atoms with Crippen LogP contribution in [-0.2, 0) is 9.53 Å². The smallest absolute Gasteiger partial charge is 0.323 e. The number of anilines is 3. The number of carbonyl (C=O) groups excluding carboxylic acids is 2. The SMILES string of the molecule is O=C(Nc1ccc(Cl)cc1)Nc1ccc2c(c1)OCC(=O)N2CCN1CCOCC1. The van der Waals surface area contributed by atoms with Crippen LogP contribution < -0.4 is 20.3 Å². The molecule has 2 N–H and O–H groups in total. The number of carbonyl (C=O) groups is 2. The molecule has 0 saturated carbocycles. The molecule has 9 heteroatoms. The molecule has 0 radical (unpaired) electrons. The molecular formula is C21H23ClN4O4. The Bertz CT molecular complexity index is 916. The van der Waals surface area contributed by atoms with Crippen LogP contribution in [0.2, 0.25) is 5.02 Å². The van der Waals surface area contributed by atoms with E-state index in [1.807, 2.05) is 0 Å². The molecule has 2 aromatic carbocycles. The molecule has 158 valence electrons. The third kappa shape index (κ3) is 5.02. The minimum Gasteiger partial charge on any atom is -0.481 e. The van der Waals surface area contributed by atoms with E-state index in [1.165, 1.54) is 0 Å². The summed E-state index contributed by atoms with van der Waals surface area (Å²) in [6.07, 6.45) is 0. The van der Waals surface area contributed by atoms with Gasteiger partial charge in [-0.3, -0.25) is 9.69 Å². The standard InChI is InChI=1S/C21H23ClN4O4/c22-15-1-3-16(4-2-15)23-21(28)24-17-5-6-18-19(13-17)30-14-20(27)26(18)8-7-25-9-11-29-12-10-25/h1-6,13H,7-12,14H2,(H2,23,24,28). The van der Waals surface area contributed by atoms with Crippen molar-refractivity contribution in [2.24, 2.45) is 0 Å². The predicted molar refractivity (Wildman–Crippen MR) is 116 cm³/mol. The summed E-state index contributed by atoms with van der Waals surface area (Å²) >= 11 is 5.86. The summed E-state index contributed by atoms with van der Waals surface area (Å²) in [5, 5.41) is 6.11. The number of morpholine rings is 1. The van der Waals surface area contributed by atoms with Gasteiger partial charge in [0.15, 0.2) is 6.61 Å². The number of nitrogens with one attached hydrogen (secondary N) is 2. The van der Waals surface area contributed by atoms with Crippen LogP contribution in [0.3, 0.4) is 0 Å². The van der Waals surface area contributed by atoms with Gasteiger partial charge in [-0.25, -0.2) is 4.79 Å². The lowest BCUT2D eigenvalue weighted by molar-refractivity contribution is -0.121. The highest BCUT2D eigenvalue weighted by atomic mass is 35.5. The summed E-state index contributed by atoms with van der Waals surface area (Å²) in [7, 11) is 0. The number of hydrogen-bond donors (Lipinski definition) is 2. The van der Waals surface area contributed by atoms with Gasteiger partial charge in [-0.05, 0) is 36.4 Å². The molecule has 2 aliphatic heterocycles. The minimum absolute atomic E-state index is 0.0173. The Hall–Kier alpha value is -2.81. The number of halogens is 1. The van der Waals surface area contributed by atoms with Crippen molar-refractivity contribution >= 4 is 40.6 Å². The lowest BCUT2D eigenvalue weighted by Crippen LogP contribution is -2.45. The fraction of sp³-hybridized carbons (Fsp3) is 0.333. The van der Waals surface area contributed by atoms with Crippen molar-refractivity contribution in [1.82, 2.24) is 4.90 Å². The van der Waals surface area contributed by atoms with Crippen LogP contribution in [0.25, 0.3) is 0 Å². The molecule has 0 aliphatic carbocycles. The first-order valence-corrected chi connectivity index (χ1v) is 10.2. The average Bonchev–Trinajstić information content (AvgIpc) is 2.75. The number of amides is 3. The lowest BCUT2D eigenvalue weighted by atomic mass is 10.2. The second-order valence-corrected chi connectivity index (χ2v) is 7.49. The van der Waals surface area contributed by atoms with E-state index in [1.54, 1.807) is 47.4 Å². The van der Waals surface area contributed by atoms with E-state index < -0.39 is 0 Å². The molecule has 3 amide bonds. The Kier molecular flexibility index (Phi) is 6.37. The average molecular weight is 431 g/mol. The minimum atomic E-state index is -0.381. The summed E-state index contributed by atoms with van der Waals surface area (Å²) in [5.41, 5.74) is 1.91. The quantitative estimate of drug-likeness (QED) is 0.761. The third-order valence-electron chi connectivity index (χ3n) is 5.01. The Morgan fingerprint density at radius 1 is 1.00 bits per heavy atom. The van der Waals surface area contributed by atoms with Gasteiger partial charge in [0.1, 0.15) is 5.75 Å². The molecule has 0 aromatic heterocycles. The number of urea groups is 1. The first-order valence-electron chi connectivity index (χ1n) is 9.79. The molecule has 8 nitrogen and oxygen atoms in total. The molecule has 0 unspecified atom stereocenters. The van der Waals surface area contributed by atoms with Crippen molar-refractivity contribution in [2.75, 3.05) is 61.5 Å². The van der Waals surface area contributed by atoms with Gasteiger partial charge in [-0.1, -0.05) is 11.6 Å². The Labute approximate surface area is 179 Å². The van der Waals surface area contributed by atoms with Crippen molar-refractivity contribution in [2.45, 2.75) is 0 Å². The molecular weight excluding hydrogens is 408 g/mol. The Balaban J connectivity index is 1.39. The second-order valence-electron chi connectivity index (χ2n) is 7.06. The van der Waals surface area contributed by atoms with Crippen molar-refractivity contribution in [1.29, 1.82) is 0 Å². The van der Waals surface area contributed by atoms with E-state index in [9.17, 15) is 9.59 Å². The number of hydrogen-bond acceptors (Lipinski definition) is 5. The van der Waals surface area contributed by atoms with Crippen LogP contribution in [-0.4, -0.2) is 62.8 Å². The van der Waals surface area contributed by atoms with Gasteiger partial charge < -0.3 is 25.0 Å². The first kappa shape index (κ1) is 20.5. The molecule has 0 spiro atoms. The molecule has 2 aromatic rings. The highest BCUT2D eigenvalue weighted by Gasteiger charge is 2.26. The van der Waals surface area contributed by atoms with E-state index in [2.05, 4.69) is 15.5 Å². The van der Waals surface area contributed by atoms with E-state index in [0.717, 1.165) is 32.8 Å². The predicted octanol–water partition coefficient (Wildman–Crippen LogP) is 3.04. The second kappa shape index (κ2) is 9.34. The van der Waals surface area contributed by atoms with E-state index in [4.69, 9.17) is 21.1 Å². The maximum Gasteiger partial charge on any atom is 0.323 e. The van der Waals surface area contributed by atoms with Gasteiger partial charge >= 0.3 is 6.03 Å². The van der Waals surface area contributed by atoms with Crippen LogP contribution in [0.5, 0.6) is 5.75 Å². The topological polar surface area (TPSA) is 83.1 Å². The largest absolute Gasteiger partial charge is 0.481 e.